The monoisotopic (exact) mass is 364 g/mol. The number of carboxylic acids is 1. The van der Waals surface area contributed by atoms with E-state index >= 15 is 0 Å². The number of sulfonamides is 2. The van der Waals surface area contributed by atoms with Crippen LogP contribution in [0.2, 0.25) is 0 Å². The minimum Gasteiger partial charge on any atom is -0.480 e. The van der Waals surface area contributed by atoms with E-state index in [0.717, 1.165) is 0 Å². The zero-order chi connectivity index (χ0) is 17.5. The van der Waals surface area contributed by atoms with Crippen molar-refractivity contribution in [2.45, 2.75) is 19.4 Å². The molecule has 23 heavy (non-hydrogen) atoms. The Bertz CT molecular complexity index is 716. The second kappa shape index (κ2) is 8.39. The number of hydrogen-bond donors (Lipinski definition) is 3. The van der Waals surface area contributed by atoms with Gasteiger partial charge in [-0.05, 0) is 18.9 Å². The molecule has 0 aromatic heterocycles. The highest BCUT2D eigenvalue weighted by atomic mass is 32.2. The fourth-order valence-corrected chi connectivity index (χ4v) is 3.59. The molecule has 0 radical (unpaired) electrons. The second-order valence-corrected chi connectivity index (χ2v) is 8.78. The highest BCUT2D eigenvalue weighted by Gasteiger charge is 2.24. The molecule has 0 unspecified atom stereocenters. The highest BCUT2D eigenvalue weighted by Crippen LogP contribution is 2.04. The van der Waals surface area contributed by atoms with Crippen molar-refractivity contribution in [1.82, 2.24) is 9.44 Å². The van der Waals surface area contributed by atoms with Gasteiger partial charge in [-0.1, -0.05) is 30.3 Å². The average Bonchev–Trinajstić information content (AvgIpc) is 2.47. The topological polar surface area (TPSA) is 130 Å². The van der Waals surface area contributed by atoms with E-state index in [1.165, 1.54) is 6.92 Å². The van der Waals surface area contributed by atoms with Gasteiger partial charge in [0.1, 0.15) is 6.04 Å². The molecular formula is C13H20N2O6S2. The Morgan fingerprint density at radius 3 is 2.26 bits per heavy atom. The van der Waals surface area contributed by atoms with Crippen molar-refractivity contribution in [3.8, 4) is 0 Å². The van der Waals surface area contributed by atoms with Gasteiger partial charge in [0.25, 0.3) is 0 Å². The predicted octanol–water partition coefficient (Wildman–Crippen LogP) is -0.459. The standard InChI is InChI=1S/C13H20N2O6S2/c1-2-22(18,19)14-8-9-23(20,21)15-12(13(16)17)10-11-6-4-3-5-7-11/h3-7,12,14-15H,2,8-10H2,1H3,(H,16,17)/t12-/m0/s1. The molecule has 8 nitrogen and oxygen atoms in total. The molecule has 3 N–H and O–H groups in total. The van der Waals surface area contributed by atoms with Crippen LogP contribution in [0.3, 0.4) is 0 Å². The maximum Gasteiger partial charge on any atom is 0.322 e. The van der Waals surface area contributed by atoms with Crippen LogP contribution < -0.4 is 9.44 Å². The second-order valence-electron chi connectivity index (χ2n) is 4.82. The van der Waals surface area contributed by atoms with Gasteiger partial charge < -0.3 is 5.11 Å². The van der Waals surface area contributed by atoms with Crippen molar-refractivity contribution in [2.24, 2.45) is 0 Å². The molecule has 1 aromatic rings. The summed E-state index contributed by atoms with van der Waals surface area (Å²) in [4.78, 5) is 11.2. The third-order valence-corrected chi connectivity index (χ3v) is 5.76. The van der Waals surface area contributed by atoms with E-state index in [4.69, 9.17) is 5.11 Å². The maximum absolute atomic E-state index is 11.9. The van der Waals surface area contributed by atoms with Crippen molar-refractivity contribution >= 4 is 26.0 Å². The number of benzene rings is 1. The number of aliphatic carboxylic acids is 1. The summed E-state index contributed by atoms with van der Waals surface area (Å²) in [5, 5.41) is 9.15. The largest absolute Gasteiger partial charge is 0.480 e. The van der Waals surface area contributed by atoms with Crippen LogP contribution in [0.25, 0.3) is 0 Å². The van der Waals surface area contributed by atoms with Crippen LogP contribution in [0.5, 0.6) is 0 Å². The van der Waals surface area contributed by atoms with E-state index in [9.17, 15) is 21.6 Å². The molecule has 1 aromatic carbocycles. The summed E-state index contributed by atoms with van der Waals surface area (Å²) >= 11 is 0. The van der Waals surface area contributed by atoms with Crippen molar-refractivity contribution in [1.29, 1.82) is 0 Å². The fourth-order valence-electron chi connectivity index (χ4n) is 1.74. The van der Waals surface area contributed by atoms with E-state index in [0.29, 0.717) is 5.56 Å². The third-order valence-electron chi connectivity index (χ3n) is 2.98. The van der Waals surface area contributed by atoms with E-state index in [-0.39, 0.29) is 18.7 Å². The van der Waals surface area contributed by atoms with Crippen LogP contribution in [0.15, 0.2) is 30.3 Å². The summed E-state index contributed by atoms with van der Waals surface area (Å²) in [6, 6.07) is 7.29. The molecule has 0 aliphatic rings. The first kappa shape index (κ1) is 19.6. The highest BCUT2D eigenvalue weighted by molar-refractivity contribution is 7.90. The lowest BCUT2D eigenvalue weighted by atomic mass is 10.1. The lowest BCUT2D eigenvalue weighted by molar-refractivity contribution is -0.138. The SMILES string of the molecule is CCS(=O)(=O)NCCS(=O)(=O)N[C@@H](Cc1ccccc1)C(=O)O. The molecule has 0 aliphatic heterocycles. The number of carboxylic acid groups (broad SMARTS) is 1. The lowest BCUT2D eigenvalue weighted by Gasteiger charge is -2.15. The van der Waals surface area contributed by atoms with Gasteiger partial charge in [0.05, 0.1) is 11.5 Å². The van der Waals surface area contributed by atoms with Gasteiger partial charge in [0, 0.05) is 6.54 Å². The number of nitrogens with one attached hydrogen (secondary N) is 2. The van der Waals surface area contributed by atoms with Gasteiger partial charge in [-0.2, -0.15) is 0 Å². The summed E-state index contributed by atoms with van der Waals surface area (Å²) in [5.41, 5.74) is 0.675. The molecule has 130 valence electrons. The molecule has 0 bridgehead atoms. The fraction of sp³-hybridized carbons (Fsp3) is 0.462. The number of rotatable bonds is 10. The normalized spacial score (nSPS) is 13.6. The van der Waals surface area contributed by atoms with Crippen LogP contribution in [0.4, 0.5) is 0 Å². The van der Waals surface area contributed by atoms with Crippen molar-refractivity contribution in [3.05, 3.63) is 35.9 Å². The summed E-state index contributed by atoms with van der Waals surface area (Å²) < 4.78 is 50.5. The minimum absolute atomic E-state index is 0.00388. The Morgan fingerprint density at radius 2 is 1.74 bits per heavy atom. The molecule has 10 heteroatoms. The maximum atomic E-state index is 11.9. The summed E-state index contributed by atoms with van der Waals surface area (Å²) in [7, 11) is -7.43. The smallest absolute Gasteiger partial charge is 0.322 e. The van der Waals surface area contributed by atoms with Crippen molar-refractivity contribution in [2.75, 3.05) is 18.1 Å². The van der Waals surface area contributed by atoms with Crippen LogP contribution >= 0.6 is 0 Å². The number of carbonyl (C=O) groups is 1. The summed E-state index contributed by atoms with van der Waals surface area (Å²) in [6.07, 6.45) is -0.00388. The van der Waals surface area contributed by atoms with E-state index in [1.54, 1.807) is 30.3 Å². The average molecular weight is 364 g/mol. The molecule has 1 rings (SSSR count). The van der Waals surface area contributed by atoms with Crippen LogP contribution in [0.1, 0.15) is 12.5 Å². The molecule has 0 saturated carbocycles. The molecule has 1 atom stereocenters. The van der Waals surface area contributed by atoms with E-state index < -0.39 is 37.8 Å². The Labute approximate surface area is 136 Å². The predicted molar refractivity (Wildman–Crippen MR) is 86.0 cm³/mol. The molecule has 0 aliphatic carbocycles. The van der Waals surface area contributed by atoms with Gasteiger partial charge in [-0.15, -0.1) is 0 Å². The first-order valence-electron chi connectivity index (χ1n) is 6.89. The Hall–Kier alpha value is -1.49. The minimum atomic E-state index is -3.93. The Kier molecular flexibility index (Phi) is 7.13. The number of hydrogen-bond acceptors (Lipinski definition) is 5. The van der Waals surface area contributed by atoms with Crippen LogP contribution in [-0.2, 0) is 31.3 Å². The molecule has 0 spiro atoms. The van der Waals surface area contributed by atoms with Gasteiger partial charge in [0.2, 0.25) is 20.0 Å². The lowest BCUT2D eigenvalue weighted by Crippen LogP contribution is -2.45. The van der Waals surface area contributed by atoms with Gasteiger partial charge in [-0.3, -0.25) is 4.79 Å². The molecule has 0 fully saturated rings. The Morgan fingerprint density at radius 1 is 1.13 bits per heavy atom. The van der Waals surface area contributed by atoms with Gasteiger partial charge in [0.15, 0.2) is 0 Å². The Balaban J connectivity index is 2.66. The zero-order valence-electron chi connectivity index (χ0n) is 12.6. The first-order chi connectivity index (χ1) is 10.7. The van der Waals surface area contributed by atoms with Gasteiger partial charge >= 0.3 is 5.97 Å². The summed E-state index contributed by atoms with van der Waals surface area (Å²) in [6.45, 7) is 1.11. The molecule has 0 saturated heterocycles. The molecule has 0 amide bonds. The van der Waals surface area contributed by atoms with Crippen LogP contribution in [0, 0.1) is 0 Å². The van der Waals surface area contributed by atoms with Crippen molar-refractivity contribution in [3.63, 3.8) is 0 Å². The third kappa shape index (κ3) is 7.55. The van der Waals surface area contributed by atoms with Gasteiger partial charge in [-0.25, -0.2) is 26.3 Å². The zero-order valence-corrected chi connectivity index (χ0v) is 14.2. The van der Waals surface area contributed by atoms with E-state index in [2.05, 4.69) is 9.44 Å². The quantitative estimate of drug-likeness (QED) is 0.515. The molecular weight excluding hydrogens is 344 g/mol. The van der Waals surface area contributed by atoms with Crippen molar-refractivity contribution < 1.29 is 26.7 Å². The summed E-state index contributed by atoms with van der Waals surface area (Å²) in [5.74, 6) is -2.00. The van der Waals surface area contributed by atoms with E-state index in [1.807, 2.05) is 0 Å². The van der Waals surface area contributed by atoms with Crippen LogP contribution in [-0.4, -0.2) is 52.0 Å². The molecule has 0 heterocycles. The first-order valence-corrected chi connectivity index (χ1v) is 10.2.